The van der Waals surface area contributed by atoms with Crippen LogP contribution in [0.25, 0.3) is 0 Å². The van der Waals surface area contributed by atoms with Crippen molar-refractivity contribution in [1.82, 2.24) is 5.32 Å². The average Bonchev–Trinajstić information content (AvgIpc) is 2.04. The van der Waals surface area contributed by atoms with Crippen LogP contribution in [0.15, 0.2) is 0 Å². The number of rotatable bonds is 5. The first-order valence-electron chi connectivity index (χ1n) is 3.97. The van der Waals surface area contributed by atoms with E-state index < -0.39 is 5.97 Å². The second kappa shape index (κ2) is 5.56. The lowest BCUT2D eigenvalue weighted by Crippen LogP contribution is -2.33. The lowest BCUT2D eigenvalue weighted by Gasteiger charge is -2.11. The van der Waals surface area contributed by atoms with Crippen molar-refractivity contribution in [3.8, 4) is 6.07 Å². The zero-order valence-corrected chi connectivity index (χ0v) is 7.37. The van der Waals surface area contributed by atoms with Crippen molar-refractivity contribution >= 4 is 5.97 Å². The van der Waals surface area contributed by atoms with Gasteiger partial charge in [0.05, 0.1) is 18.0 Å². The van der Waals surface area contributed by atoms with Gasteiger partial charge in [-0.15, -0.1) is 0 Å². The minimum absolute atomic E-state index is 0.279. The Morgan fingerprint density at radius 2 is 2.33 bits per heavy atom. The monoisotopic (exact) mass is 170 g/mol. The second-order valence-electron chi connectivity index (χ2n) is 2.70. The normalized spacial score (nSPS) is 14.8. The van der Waals surface area contributed by atoms with E-state index in [9.17, 15) is 4.79 Å². The van der Waals surface area contributed by atoms with E-state index in [1.54, 1.807) is 6.92 Å². The SMILES string of the molecule is CCC(CNC(C)C#N)C(=O)O. The van der Waals surface area contributed by atoms with Crippen molar-refractivity contribution in [2.45, 2.75) is 26.3 Å². The summed E-state index contributed by atoms with van der Waals surface area (Å²) in [6, 6.07) is 1.70. The smallest absolute Gasteiger partial charge is 0.307 e. The van der Waals surface area contributed by atoms with Gasteiger partial charge < -0.3 is 10.4 Å². The molecule has 0 saturated carbocycles. The molecule has 4 heteroatoms. The molecule has 0 saturated heterocycles. The van der Waals surface area contributed by atoms with Gasteiger partial charge in [-0.2, -0.15) is 5.26 Å². The third kappa shape index (κ3) is 3.94. The molecule has 0 spiro atoms. The number of hydrogen-bond donors (Lipinski definition) is 2. The van der Waals surface area contributed by atoms with Crippen LogP contribution in [0.1, 0.15) is 20.3 Å². The van der Waals surface area contributed by atoms with E-state index in [4.69, 9.17) is 10.4 Å². The topological polar surface area (TPSA) is 73.1 Å². The number of nitriles is 1. The zero-order valence-electron chi connectivity index (χ0n) is 7.37. The Balaban J connectivity index is 3.75. The maximum absolute atomic E-state index is 10.5. The first kappa shape index (κ1) is 10.9. The van der Waals surface area contributed by atoms with Crippen LogP contribution in [-0.2, 0) is 4.79 Å². The molecule has 2 unspecified atom stereocenters. The van der Waals surface area contributed by atoms with E-state index in [0.29, 0.717) is 13.0 Å². The maximum atomic E-state index is 10.5. The highest BCUT2D eigenvalue weighted by atomic mass is 16.4. The fourth-order valence-electron chi connectivity index (χ4n) is 0.771. The van der Waals surface area contributed by atoms with Crippen LogP contribution in [0.5, 0.6) is 0 Å². The number of aliphatic carboxylic acids is 1. The summed E-state index contributed by atoms with van der Waals surface area (Å²) in [5, 5.41) is 19.9. The van der Waals surface area contributed by atoms with Gasteiger partial charge in [-0.05, 0) is 13.3 Å². The van der Waals surface area contributed by atoms with E-state index in [-0.39, 0.29) is 12.0 Å². The van der Waals surface area contributed by atoms with Crippen LogP contribution >= 0.6 is 0 Å². The first-order chi connectivity index (χ1) is 5.61. The predicted molar refractivity (Wildman–Crippen MR) is 44.5 cm³/mol. The summed E-state index contributed by atoms with van der Waals surface area (Å²) < 4.78 is 0. The molecule has 0 aromatic heterocycles. The van der Waals surface area contributed by atoms with Crippen LogP contribution in [0.3, 0.4) is 0 Å². The van der Waals surface area contributed by atoms with E-state index >= 15 is 0 Å². The van der Waals surface area contributed by atoms with E-state index in [0.717, 1.165) is 0 Å². The highest BCUT2D eigenvalue weighted by molar-refractivity contribution is 5.70. The van der Waals surface area contributed by atoms with Crippen molar-refractivity contribution in [3.05, 3.63) is 0 Å². The molecule has 0 aromatic rings. The van der Waals surface area contributed by atoms with Gasteiger partial charge in [0.1, 0.15) is 0 Å². The molecule has 0 radical (unpaired) electrons. The van der Waals surface area contributed by atoms with Crippen LogP contribution < -0.4 is 5.32 Å². The summed E-state index contributed by atoms with van der Waals surface area (Å²) in [4.78, 5) is 10.5. The Morgan fingerprint density at radius 1 is 1.75 bits per heavy atom. The molecule has 0 amide bonds. The molecule has 2 N–H and O–H groups in total. The number of carboxylic acid groups (broad SMARTS) is 1. The minimum atomic E-state index is -0.810. The Morgan fingerprint density at radius 3 is 2.67 bits per heavy atom. The molecule has 0 rings (SSSR count). The van der Waals surface area contributed by atoms with Crippen LogP contribution in [-0.4, -0.2) is 23.7 Å². The van der Waals surface area contributed by atoms with Crippen LogP contribution in [0, 0.1) is 17.2 Å². The van der Waals surface area contributed by atoms with E-state index in [1.165, 1.54) is 0 Å². The van der Waals surface area contributed by atoms with Gasteiger partial charge in [0.15, 0.2) is 0 Å². The fraction of sp³-hybridized carbons (Fsp3) is 0.750. The third-order valence-electron chi connectivity index (χ3n) is 1.71. The van der Waals surface area contributed by atoms with Crippen molar-refractivity contribution < 1.29 is 9.90 Å². The summed E-state index contributed by atoms with van der Waals surface area (Å²) >= 11 is 0. The molecular weight excluding hydrogens is 156 g/mol. The van der Waals surface area contributed by atoms with Gasteiger partial charge in [0.2, 0.25) is 0 Å². The number of carbonyl (C=O) groups is 1. The number of nitrogens with zero attached hydrogens (tertiary/aromatic N) is 1. The standard InChI is InChI=1S/C8H14N2O2/c1-3-7(8(11)12)5-10-6(2)4-9/h6-7,10H,3,5H2,1-2H3,(H,11,12). The Labute approximate surface area is 72.2 Å². The van der Waals surface area contributed by atoms with E-state index in [1.807, 2.05) is 13.0 Å². The summed E-state index contributed by atoms with van der Waals surface area (Å²) in [5.41, 5.74) is 0. The number of hydrogen-bond acceptors (Lipinski definition) is 3. The van der Waals surface area contributed by atoms with Gasteiger partial charge >= 0.3 is 5.97 Å². The summed E-state index contributed by atoms with van der Waals surface area (Å²) in [6.07, 6.45) is 0.584. The third-order valence-corrected chi connectivity index (χ3v) is 1.71. The van der Waals surface area contributed by atoms with E-state index in [2.05, 4.69) is 5.32 Å². The molecule has 0 bridgehead atoms. The Bertz CT molecular complexity index is 186. The molecule has 2 atom stereocenters. The van der Waals surface area contributed by atoms with Crippen LogP contribution in [0.2, 0.25) is 0 Å². The highest BCUT2D eigenvalue weighted by Gasteiger charge is 2.14. The summed E-state index contributed by atoms with van der Waals surface area (Å²) in [5.74, 6) is -1.20. The largest absolute Gasteiger partial charge is 0.481 e. The first-order valence-corrected chi connectivity index (χ1v) is 3.97. The zero-order chi connectivity index (χ0) is 9.56. The molecule has 0 aliphatic rings. The van der Waals surface area contributed by atoms with Crippen molar-refractivity contribution in [2.75, 3.05) is 6.54 Å². The molecular formula is C8H14N2O2. The average molecular weight is 170 g/mol. The minimum Gasteiger partial charge on any atom is -0.481 e. The lowest BCUT2D eigenvalue weighted by molar-refractivity contribution is -0.141. The van der Waals surface area contributed by atoms with Gasteiger partial charge in [-0.1, -0.05) is 6.92 Å². The molecule has 0 fully saturated rings. The van der Waals surface area contributed by atoms with Crippen molar-refractivity contribution in [2.24, 2.45) is 5.92 Å². The molecule has 0 heterocycles. The Kier molecular flexibility index (Phi) is 5.06. The van der Waals surface area contributed by atoms with Crippen molar-refractivity contribution in [3.63, 3.8) is 0 Å². The highest BCUT2D eigenvalue weighted by Crippen LogP contribution is 2.00. The van der Waals surface area contributed by atoms with Gasteiger partial charge in [-0.25, -0.2) is 0 Å². The second-order valence-corrected chi connectivity index (χ2v) is 2.70. The molecule has 4 nitrogen and oxygen atoms in total. The summed E-state index contributed by atoms with van der Waals surface area (Å²) in [7, 11) is 0. The molecule has 0 aliphatic carbocycles. The van der Waals surface area contributed by atoms with Gasteiger partial charge in [0.25, 0.3) is 0 Å². The number of carboxylic acids is 1. The fourth-order valence-corrected chi connectivity index (χ4v) is 0.771. The Hall–Kier alpha value is -1.08. The molecule has 0 aliphatic heterocycles. The van der Waals surface area contributed by atoms with Crippen LogP contribution in [0.4, 0.5) is 0 Å². The predicted octanol–water partition coefficient (Wildman–Crippen LogP) is 0.599. The molecule has 0 aromatic carbocycles. The van der Waals surface area contributed by atoms with Gasteiger partial charge in [-0.3, -0.25) is 4.79 Å². The van der Waals surface area contributed by atoms with Gasteiger partial charge in [0, 0.05) is 6.54 Å². The molecule has 68 valence electrons. The molecule has 12 heavy (non-hydrogen) atoms. The lowest BCUT2D eigenvalue weighted by atomic mass is 10.1. The number of nitrogens with one attached hydrogen (secondary N) is 1. The maximum Gasteiger partial charge on any atom is 0.307 e. The summed E-state index contributed by atoms with van der Waals surface area (Å²) in [6.45, 7) is 3.88. The quantitative estimate of drug-likeness (QED) is 0.633. The van der Waals surface area contributed by atoms with Crippen molar-refractivity contribution in [1.29, 1.82) is 5.26 Å².